The van der Waals surface area contributed by atoms with Crippen molar-refractivity contribution in [1.29, 1.82) is 0 Å². The van der Waals surface area contributed by atoms with Gasteiger partial charge in [0.15, 0.2) is 0 Å². The van der Waals surface area contributed by atoms with E-state index in [1.807, 2.05) is 12.1 Å². The minimum Gasteiger partial charge on any atom is -0.497 e. The number of hydrogen-bond acceptors (Lipinski definition) is 3. The average Bonchev–Trinajstić information content (AvgIpc) is 2.93. The summed E-state index contributed by atoms with van der Waals surface area (Å²) in [6.45, 7) is 5.35. The van der Waals surface area contributed by atoms with Gasteiger partial charge >= 0.3 is 0 Å². The highest BCUT2D eigenvalue weighted by Gasteiger charge is 2.33. The van der Waals surface area contributed by atoms with E-state index in [0.29, 0.717) is 6.04 Å². The lowest BCUT2D eigenvalue weighted by atomic mass is 9.90. The summed E-state index contributed by atoms with van der Waals surface area (Å²) in [5, 5.41) is 1.48. The molecule has 2 aliphatic rings. The van der Waals surface area contributed by atoms with Crippen LogP contribution in [0.2, 0.25) is 0 Å². The first-order valence-electron chi connectivity index (χ1n) is 10.8. The number of methoxy groups -OCH3 is 2. The highest BCUT2D eigenvalue weighted by molar-refractivity contribution is 5.87. The van der Waals surface area contributed by atoms with Crippen LogP contribution in [-0.4, -0.2) is 30.2 Å². The van der Waals surface area contributed by atoms with Crippen LogP contribution in [0.15, 0.2) is 36.4 Å². The van der Waals surface area contributed by atoms with Crippen LogP contribution in [0.25, 0.3) is 10.9 Å². The Morgan fingerprint density at radius 1 is 1.00 bits per heavy atom. The second-order valence-electron chi connectivity index (χ2n) is 8.45. The molecule has 1 aromatic heterocycles. The number of hydrogen-bond donors (Lipinski definition) is 0. The zero-order chi connectivity index (χ0) is 20.0. The fourth-order valence-corrected chi connectivity index (χ4v) is 5.38. The third-order valence-electron chi connectivity index (χ3n) is 6.72. The maximum atomic E-state index is 5.69. The molecule has 0 amide bonds. The summed E-state index contributed by atoms with van der Waals surface area (Å²) in [6.07, 6.45) is 4.89. The smallest absolute Gasteiger partial charge is 0.127 e. The van der Waals surface area contributed by atoms with E-state index in [4.69, 9.17) is 9.47 Å². The van der Waals surface area contributed by atoms with Crippen LogP contribution in [-0.2, 0) is 19.5 Å². The Labute approximate surface area is 173 Å². The maximum Gasteiger partial charge on any atom is 0.127 e. The number of ether oxygens (including phenoxy) is 2. The van der Waals surface area contributed by atoms with Gasteiger partial charge in [0.1, 0.15) is 11.5 Å². The van der Waals surface area contributed by atoms with Gasteiger partial charge in [-0.15, -0.1) is 0 Å². The van der Waals surface area contributed by atoms with E-state index in [0.717, 1.165) is 31.1 Å². The van der Waals surface area contributed by atoms with Crippen molar-refractivity contribution in [3.8, 4) is 11.5 Å². The summed E-state index contributed by atoms with van der Waals surface area (Å²) in [5.41, 5.74) is 7.18. The summed E-state index contributed by atoms with van der Waals surface area (Å²) >= 11 is 0. The van der Waals surface area contributed by atoms with E-state index in [2.05, 4.69) is 40.7 Å². The molecule has 0 saturated carbocycles. The van der Waals surface area contributed by atoms with Crippen LogP contribution in [0.4, 0.5) is 0 Å². The van der Waals surface area contributed by atoms with Gasteiger partial charge < -0.3 is 14.0 Å². The summed E-state index contributed by atoms with van der Waals surface area (Å²) in [6, 6.07) is 13.7. The van der Waals surface area contributed by atoms with Crippen molar-refractivity contribution in [2.24, 2.45) is 0 Å². The monoisotopic (exact) mass is 390 g/mol. The van der Waals surface area contributed by atoms with Crippen LogP contribution in [0, 0.1) is 6.92 Å². The van der Waals surface area contributed by atoms with Crippen molar-refractivity contribution in [3.63, 3.8) is 0 Å². The number of aromatic nitrogens is 1. The van der Waals surface area contributed by atoms with Gasteiger partial charge in [0.25, 0.3) is 0 Å². The Morgan fingerprint density at radius 3 is 2.72 bits per heavy atom. The molecule has 0 bridgehead atoms. The highest BCUT2D eigenvalue weighted by atomic mass is 16.5. The predicted molar refractivity (Wildman–Crippen MR) is 117 cm³/mol. The minimum absolute atomic E-state index is 0.487. The first-order valence-corrected chi connectivity index (χ1v) is 10.8. The van der Waals surface area contributed by atoms with Crippen LogP contribution >= 0.6 is 0 Å². The average molecular weight is 391 g/mol. The van der Waals surface area contributed by atoms with E-state index in [9.17, 15) is 0 Å². The lowest BCUT2D eigenvalue weighted by Gasteiger charge is -2.34. The molecule has 1 atom stereocenters. The molecule has 2 heterocycles. The maximum absolute atomic E-state index is 5.69. The van der Waals surface area contributed by atoms with Crippen molar-refractivity contribution < 1.29 is 9.47 Å². The third kappa shape index (κ3) is 3.10. The molecule has 4 nitrogen and oxygen atoms in total. The standard InChI is InChI=1S/C25H30N2O2/c1-17-8-11-22-21(14-17)20-6-4-7-23-25(20)27(22)13-5-12-26(23)16-18-9-10-19(28-2)15-24(18)29-3/h8-11,14-15,23H,4-7,12-13,16H2,1-3H3/t23-/m1/s1. The first kappa shape index (κ1) is 18.6. The molecule has 0 spiro atoms. The van der Waals surface area contributed by atoms with Crippen molar-refractivity contribution in [1.82, 2.24) is 9.47 Å². The number of fused-ring (bicyclic) bond motifs is 3. The molecule has 0 radical (unpaired) electrons. The van der Waals surface area contributed by atoms with Crippen LogP contribution in [0.3, 0.4) is 0 Å². The predicted octanol–water partition coefficient (Wildman–Crippen LogP) is 5.25. The van der Waals surface area contributed by atoms with Gasteiger partial charge in [-0.1, -0.05) is 17.7 Å². The number of aryl methyl sites for hydroxylation is 3. The normalized spacial score (nSPS) is 19.1. The zero-order valence-corrected chi connectivity index (χ0v) is 17.7. The zero-order valence-electron chi connectivity index (χ0n) is 17.7. The van der Waals surface area contributed by atoms with Crippen molar-refractivity contribution in [2.75, 3.05) is 20.8 Å². The third-order valence-corrected chi connectivity index (χ3v) is 6.72. The van der Waals surface area contributed by atoms with E-state index < -0.39 is 0 Å². The molecule has 0 N–H and O–H groups in total. The molecule has 0 unspecified atom stereocenters. The Bertz CT molecular complexity index is 1050. The second kappa shape index (κ2) is 7.42. The van der Waals surface area contributed by atoms with Crippen LogP contribution in [0.1, 0.15) is 47.7 Å². The van der Waals surface area contributed by atoms with Gasteiger partial charge in [0, 0.05) is 47.9 Å². The SMILES string of the molecule is COc1ccc(CN2CCCn3c4c(c5cc(C)ccc53)CCC[C@H]42)c(OC)c1. The fourth-order valence-electron chi connectivity index (χ4n) is 5.38. The molecular weight excluding hydrogens is 360 g/mol. The Morgan fingerprint density at radius 2 is 1.90 bits per heavy atom. The topological polar surface area (TPSA) is 26.6 Å². The van der Waals surface area contributed by atoms with E-state index in [-0.39, 0.29) is 0 Å². The first-order chi connectivity index (χ1) is 14.2. The number of nitrogens with zero attached hydrogens (tertiary/aromatic N) is 2. The van der Waals surface area contributed by atoms with Crippen LogP contribution < -0.4 is 9.47 Å². The summed E-state index contributed by atoms with van der Waals surface area (Å²) in [4.78, 5) is 2.68. The molecular formula is C25H30N2O2. The molecule has 2 aromatic carbocycles. The quantitative estimate of drug-likeness (QED) is 0.609. The molecule has 3 aromatic rings. The molecule has 29 heavy (non-hydrogen) atoms. The summed E-state index contributed by atoms with van der Waals surface area (Å²) in [5.74, 6) is 1.76. The van der Waals surface area contributed by atoms with Crippen molar-refractivity contribution >= 4 is 10.9 Å². The number of benzene rings is 2. The summed E-state index contributed by atoms with van der Waals surface area (Å²) < 4.78 is 13.7. The summed E-state index contributed by atoms with van der Waals surface area (Å²) in [7, 11) is 3.45. The number of rotatable bonds is 4. The largest absolute Gasteiger partial charge is 0.497 e. The van der Waals surface area contributed by atoms with E-state index in [1.54, 1.807) is 25.5 Å². The van der Waals surface area contributed by atoms with Crippen LogP contribution in [0.5, 0.6) is 11.5 Å². The lowest BCUT2D eigenvalue weighted by Crippen LogP contribution is -2.31. The lowest BCUT2D eigenvalue weighted by molar-refractivity contribution is 0.171. The molecule has 152 valence electrons. The highest BCUT2D eigenvalue weighted by Crippen LogP contribution is 2.43. The van der Waals surface area contributed by atoms with Gasteiger partial charge in [-0.05, 0) is 56.4 Å². The molecule has 1 aliphatic carbocycles. The molecule has 0 saturated heterocycles. The Balaban J connectivity index is 1.56. The Hall–Kier alpha value is -2.46. The van der Waals surface area contributed by atoms with E-state index in [1.165, 1.54) is 47.7 Å². The van der Waals surface area contributed by atoms with Crippen molar-refractivity contribution in [3.05, 3.63) is 58.8 Å². The van der Waals surface area contributed by atoms with Gasteiger partial charge in [-0.2, -0.15) is 0 Å². The van der Waals surface area contributed by atoms with Gasteiger partial charge in [-0.25, -0.2) is 0 Å². The van der Waals surface area contributed by atoms with Gasteiger partial charge in [0.05, 0.1) is 20.3 Å². The van der Waals surface area contributed by atoms with Gasteiger partial charge in [-0.3, -0.25) is 4.90 Å². The minimum atomic E-state index is 0.487. The Kier molecular flexibility index (Phi) is 4.75. The fraction of sp³-hybridized carbons (Fsp3) is 0.440. The molecule has 0 fully saturated rings. The van der Waals surface area contributed by atoms with Crippen molar-refractivity contribution in [2.45, 2.75) is 51.7 Å². The van der Waals surface area contributed by atoms with Gasteiger partial charge in [0.2, 0.25) is 0 Å². The second-order valence-corrected chi connectivity index (χ2v) is 8.45. The molecule has 4 heteroatoms. The molecule has 5 rings (SSSR count). The molecule has 1 aliphatic heterocycles. The van der Waals surface area contributed by atoms with E-state index >= 15 is 0 Å².